The molecule has 11 rings (SSSR count). The minimum absolute atomic E-state index is 0.857. The Balaban J connectivity index is 1.22. The molecule has 52 heavy (non-hydrogen) atoms. The van der Waals surface area contributed by atoms with Gasteiger partial charge in [0.25, 0.3) is 0 Å². The van der Waals surface area contributed by atoms with E-state index in [0.29, 0.717) is 0 Å². The van der Waals surface area contributed by atoms with E-state index in [1.54, 1.807) is 0 Å². The molecule has 0 saturated carbocycles. The van der Waals surface area contributed by atoms with Gasteiger partial charge in [0.1, 0.15) is 0 Å². The molecule has 0 spiro atoms. The number of benzene rings is 8. The zero-order chi connectivity index (χ0) is 34.2. The van der Waals surface area contributed by atoms with E-state index >= 15 is 0 Å². The molecule has 0 atom stereocenters. The predicted molar refractivity (Wildman–Crippen MR) is 217 cm³/mol. The van der Waals surface area contributed by atoms with E-state index < -0.39 is 0 Å². The van der Waals surface area contributed by atoms with E-state index in [2.05, 4.69) is 179 Å². The van der Waals surface area contributed by atoms with Crippen LogP contribution in [0.5, 0.6) is 0 Å². The van der Waals surface area contributed by atoms with Crippen molar-refractivity contribution in [3.05, 3.63) is 182 Å². The van der Waals surface area contributed by atoms with Crippen LogP contribution in [0.2, 0.25) is 0 Å². The second kappa shape index (κ2) is 11.2. The Labute approximate surface area is 299 Å². The van der Waals surface area contributed by atoms with Crippen LogP contribution in [0, 0.1) is 0 Å². The fraction of sp³-hybridized carbons (Fsp3) is 0. The lowest BCUT2D eigenvalue weighted by molar-refractivity contribution is 1.17. The smallest absolute Gasteiger partial charge is 0.0973 e. The second-order valence-electron chi connectivity index (χ2n) is 13.4. The lowest BCUT2D eigenvalue weighted by atomic mass is 10.0. The van der Waals surface area contributed by atoms with Crippen molar-refractivity contribution >= 4 is 65.4 Å². The Morgan fingerprint density at radius 3 is 1.65 bits per heavy atom. The summed E-state index contributed by atoms with van der Waals surface area (Å²) in [7, 11) is 0. The van der Waals surface area contributed by atoms with E-state index in [4.69, 9.17) is 9.97 Å². The highest BCUT2D eigenvalue weighted by atomic mass is 15.0. The molecule has 0 aliphatic heterocycles. The van der Waals surface area contributed by atoms with Gasteiger partial charge in [-0.1, -0.05) is 133 Å². The van der Waals surface area contributed by atoms with Gasteiger partial charge in [0.15, 0.2) is 0 Å². The summed E-state index contributed by atoms with van der Waals surface area (Å²) in [5.41, 5.74) is 12.5. The Morgan fingerprint density at radius 1 is 0.346 bits per heavy atom. The van der Waals surface area contributed by atoms with E-state index in [-0.39, 0.29) is 0 Å². The number of hydrogen-bond donors (Lipinski definition) is 0. The first-order chi connectivity index (χ1) is 25.8. The molecule has 0 unspecified atom stereocenters. The molecule has 0 aliphatic rings. The predicted octanol–water partition coefficient (Wildman–Crippen LogP) is 12.3. The first-order valence-corrected chi connectivity index (χ1v) is 17.7. The number of fused-ring (bicyclic) bond motifs is 10. The summed E-state index contributed by atoms with van der Waals surface area (Å²) in [6.07, 6.45) is 0. The molecular weight excluding hydrogens is 633 g/mol. The summed E-state index contributed by atoms with van der Waals surface area (Å²) >= 11 is 0. The summed E-state index contributed by atoms with van der Waals surface area (Å²) in [4.78, 5) is 10.6. The molecule has 0 radical (unpaired) electrons. The average Bonchev–Trinajstić information content (AvgIpc) is 3.74. The van der Waals surface area contributed by atoms with Crippen molar-refractivity contribution in [3.63, 3.8) is 0 Å². The molecule has 3 heterocycles. The highest BCUT2D eigenvalue weighted by molar-refractivity contribution is 6.31. The van der Waals surface area contributed by atoms with E-state index in [9.17, 15) is 0 Å². The van der Waals surface area contributed by atoms with Gasteiger partial charge in [-0.15, -0.1) is 0 Å². The number of hydrogen-bond acceptors (Lipinski definition) is 2. The van der Waals surface area contributed by atoms with Crippen LogP contribution < -0.4 is 0 Å². The third-order valence-corrected chi connectivity index (χ3v) is 10.5. The highest BCUT2D eigenvalue weighted by Gasteiger charge is 2.22. The van der Waals surface area contributed by atoms with Crippen molar-refractivity contribution in [2.45, 2.75) is 0 Å². The lowest BCUT2D eigenvalue weighted by Gasteiger charge is -2.13. The zero-order valence-electron chi connectivity index (χ0n) is 28.1. The van der Waals surface area contributed by atoms with Gasteiger partial charge in [-0.25, -0.2) is 9.97 Å². The Morgan fingerprint density at radius 2 is 0.923 bits per heavy atom. The maximum atomic E-state index is 5.33. The Kier molecular flexibility index (Phi) is 6.22. The molecule has 0 aliphatic carbocycles. The fourth-order valence-electron chi connectivity index (χ4n) is 8.23. The van der Waals surface area contributed by atoms with Crippen LogP contribution in [-0.4, -0.2) is 19.1 Å². The molecular formula is C48H30N4. The monoisotopic (exact) mass is 662 g/mol. The summed E-state index contributed by atoms with van der Waals surface area (Å²) in [6.45, 7) is 0. The van der Waals surface area contributed by atoms with Crippen molar-refractivity contribution in [1.29, 1.82) is 0 Å². The number of aromatic nitrogens is 4. The van der Waals surface area contributed by atoms with Gasteiger partial charge < -0.3 is 9.13 Å². The standard InChI is InChI=1S/C48H30N4/c1-4-15-32(16-5-1)46-47(33-17-6-2-7-18-33)50-40-30-35(25-27-39(40)49-46)51-41-23-13-12-22-37(41)44-42(51)28-29-43-45(44)38-26-24-31-14-10-11-21-36(31)48(38)52(43)34-19-8-3-9-20-34/h1-30H. The second-order valence-corrected chi connectivity index (χ2v) is 13.4. The van der Waals surface area contributed by atoms with Crippen LogP contribution in [0.4, 0.5) is 0 Å². The molecule has 0 bridgehead atoms. The van der Waals surface area contributed by atoms with Crippen LogP contribution in [-0.2, 0) is 0 Å². The molecule has 3 aromatic heterocycles. The fourth-order valence-corrected chi connectivity index (χ4v) is 8.23. The molecule has 242 valence electrons. The first kappa shape index (κ1) is 28.8. The van der Waals surface area contributed by atoms with Crippen LogP contribution in [0.1, 0.15) is 0 Å². The van der Waals surface area contributed by atoms with Crippen LogP contribution in [0.15, 0.2) is 182 Å². The van der Waals surface area contributed by atoms with Crippen LogP contribution in [0.25, 0.3) is 99.3 Å². The number of rotatable bonds is 4. The molecule has 4 nitrogen and oxygen atoms in total. The zero-order valence-corrected chi connectivity index (χ0v) is 28.1. The van der Waals surface area contributed by atoms with Gasteiger partial charge in [-0.2, -0.15) is 0 Å². The van der Waals surface area contributed by atoms with Crippen LogP contribution in [0.3, 0.4) is 0 Å². The third kappa shape index (κ3) is 4.21. The Hall–Kier alpha value is -7.04. The largest absolute Gasteiger partial charge is 0.309 e. The molecule has 0 saturated heterocycles. The average molecular weight is 663 g/mol. The molecule has 11 aromatic rings. The van der Waals surface area contributed by atoms with Gasteiger partial charge in [0.2, 0.25) is 0 Å². The number of nitrogens with zero attached hydrogens (tertiary/aromatic N) is 4. The minimum Gasteiger partial charge on any atom is -0.309 e. The van der Waals surface area contributed by atoms with E-state index in [1.807, 2.05) is 12.1 Å². The van der Waals surface area contributed by atoms with Gasteiger partial charge in [0.05, 0.1) is 44.5 Å². The normalized spacial score (nSPS) is 11.8. The van der Waals surface area contributed by atoms with Crippen molar-refractivity contribution < 1.29 is 0 Å². The maximum absolute atomic E-state index is 5.33. The first-order valence-electron chi connectivity index (χ1n) is 17.7. The topological polar surface area (TPSA) is 35.6 Å². The van der Waals surface area contributed by atoms with Gasteiger partial charge in [-0.05, 0) is 53.9 Å². The summed E-state index contributed by atoms with van der Waals surface area (Å²) in [5.74, 6) is 0. The maximum Gasteiger partial charge on any atom is 0.0973 e. The molecule has 0 amide bonds. The number of para-hydroxylation sites is 2. The highest BCUT2D eigenvalue weighted by Crippen LogP contribution is 2.44. The van der Waals surface area contributed by atoms with Crippen molar-refractivity contribution in [3.8, 4) is 33.9 Å². The summed E-state index contributed by atoms with van der Waals surface area (Å²) in [6, 6.07) is 64.6. The Bertz CT molecular complexity index is 3160. The van der Waals surface area contributed by atoms with Gasteiger partial charge >= 0.3 is 0 Å². The van der Waals surface area contributed by atoms with Crippen molar-refractivity contribution in [2.75, 3.05) is 0 Å². The SMILES string of the molecule is c1ccc(-c2nc3ccc(-n4c5ccccc5c5c6c7ccc8ccccc8c7n(-c7ccccc7)c6ccc54)cc3nc2-c2ccccc2)cc1. The summed E-state index contributed by atoms with van der Waals surface area (Å²) in [5, 5.41) is 7.45. The lowest BCUT2D eigenvalue weighted by Crippen LogP contribution is -1.98. The molecule has 8 aromatic carbocycles. The summed E-state index contributed by atoms with van der Waals surface area (Å²) < 4.78 is 4.84. The van der Waals surface area contributed by atoms with Crippen molar-refractivity contribution in [1.82, 2.24) is 19.1 Å². The minimum atomic E-state index is 0.857. The quantitative estimate of drug-likeness (QED) is 0.188. The third-order valence-electron chi connectivity index (χ3n) is 10.5. The van der Waals surface area contributed by atoms with E-state index in [0.717, 1.165) is 56.0 Å². The van der Waals surface area contributed by atoms with Gasteiger partial charge in [0, 0.05) is 49.4 Å². The van der Waals surface area contributed by atoms with Crippen LogP contribution >= 0.6 is 0 Å². The molecule has 4 heteroatoms. The molecule has 0 N–H and O–H groups in total. The molecule has 0 fully saturated rings. The van der Waals surface area contributed by atoms with Gasteiger partial charge in [-0.3, -0.25) is 0 Å². The van der Waals surface area contributed by atoms with Crippen molar-refractivity contribution in [2.24, 2.45) is 0 Å². The van der Waals surface area contributed by atoms with E-state index in [1.165, 1.54) is 43.4 Å².